The summed E-state index contributed by atoms with van der Waals surface area (Å²) in [5.74, 6) is 0.170. The molecule has 3 rings (SSSR count). The van der Waals surface area contributed by atoms with Crippen molar-refractivity contribution in [3.63, 3.8) is 0 Å². The lowest BCUT2D eigenvalue weighted by molar-refractivity contribution is 0.102. The Morgan fingerprint density at radius 3 is 2.91 bits per heavy atom. The second kappa shape index (κ2) is 6.48. The Balaban J connectivity index is 1.82. The van der Waals surface area contributed by atoms with E-state index in [0.29, 0.717) is 21.5 Å². The molecule has 0 atom stereocenters. The van der Waals surface area contributed by atoms with Crippen molar-refractivity contribution in [3.8, 4) is 16.3 Å². The van der Waals surface area contributed by atoms with Crippen LogP contribution in [-0.2, 0) is 0 Å². The summed E-state index contributed by atoms with van der Waals surface area (Å²) in [6.07, 6.45) is 0. The molecular weight excluding hydrogens is 340 g/mol. The van der Waals surface area contributed by atoms with Gasteiger partial charge in [-0.25, -0.2) is 4.98 Å². The minimum Gasteiger partial charge on any atom is -0.496 e. The van der Waals surface area contributed by atoms with Gasteiger partial charge in [-0.15, -0.1) is 22.7 Å². The average molecular weight is 351 g/mol. The van der Waals surface area contributed by atoms with Crippen LogP contribution in [0.15, 0.2) is 41.1 Å². The molecule has 7 heteroatoms. The van der Waals surface area contributed by atoms with Gasteiger partial charge < -0.3 is 4.74 Å². The second-order valence-electron chi connectivity index (χ2n) is 4.31. The maximum atomic E-state index is 12.4. The van der Waals surface area contributed by atoms with Crippen LogP contribution in [0.1, 0.15) is 10.4 Å². The number of aromatic nitrogens is 1. The maximum absolute atomic E-state index is 12.4. The predicted molar refractivity (Wildman–Crippen MR) is 91.4 cm³/mol. The van der Waals surface area contributed by atoms with Crippen molar-refractivity contribution in [2.45, 2.75) is 0 Å². The molecule has 1 N–H and O–H groups in total. The van der Waals surface area contributed by atoms with Crippen molar-refractivity contribution < 1.29 is 9.53 Å². The van der Waals surface area contributed by atoms with E-state index in [2.05, 4.69) is 10.3 Å². The summed E-state index contributed by atoms with van der Waals surface area (Å²) in [5, 5.41) is 7.69. The van der Waals surface area contributed by atoms with Crippen molar-refractivity contribution in [2.75, 3.05) is 12.4 Å². The predicted octanol–water partition coefficient (Wildman–Crippen LogP) is 4.79. The number of ether oxygens (including phenoxy) is 1. The van der Waals surface area contributed by atoms with E-state index in [1.54, 1.807) is 29.5 Å². The topological polar surface area (TPSA) is 51.2 Å². The maximum Gasteiger partial charge on any atom is 0.261 e. The fourth-order valence-electron chi connectivity index (χ4n) is 1.89. The molecule has 0 saturated heterocycles. The minimum absolute atomic E-state index is 0.300. The van der Waals surface area contributed by atoms with Crippen LogP contribution >= 0.6 is 34.3 Å². The number of hydrogen-bond acceptors (Lipinski definition) is 5. The number of thiophene rings is 1. The Hall–Kier alpha value is -1.89. The molecule has 0 fully saturated rings. The third-order valence-corrected chi connectivity index (χ3v) is 4.79. The Morgan fingerprint density at radius 2 is 2.18 bits per heavy atom. The molecule has 0 aliphatic heterocycles. The van der Waals surface area contributed by atoms with E-state index >= 15 is 0 Å². The van der Waals surface area contributed by atoms with E-state index in [1.165, 1.54) is 18.4 Å². The Morgan fingerprint density at radius 1 is 1.32 bits per heavy atom. The highest BCUT2D eigenvalue weighted by atomic mass is 35.5. The number of methoxy groups -OCH3 is 1. The van der Waals surface area contributed by atoms with Crippen molar-refractivity contribution in [2.24, 2.45) is 0 Å². The number of hydrogen-bond donors (Lipinski definition) is 1. The molecule has 3 aromatic rings. The van der Waals surface area contributed by atoms with E-state index in [4.69, 9.17) is 16.3 Å². The van der Waals surface area contributed by atoms with Crippen molar-refractivity contribution in [3.05, 3.63) is 51.7 Å². The van der Waals surface area contributed by atoms with Gasteiger partial charge in [0.25, 0.3) is 5.91 Å². The third-order valence-electron chi connectivity index (χ3n) is 2.90. The molecule has 1 aromatic carbocycles. The molecule has 22 heavy (non-hydrogen) atoms. The SMILES string of the molecule is COc1ccc(Cl)cc1C(=O)Nc1nc(-c2cccs2)cs1. The Bertz CT molecular complexity index is 800. The third kappa shape index (κ3) is 3.14. The molecule has 112 valence electrons. The lowest BCUT2D eigenvalue weighted by atomic mass is 10.2. The normalized spacial score (nSPS) is 10.5. The summed E-state index contributed by atoms with van der Waals surface area (Å²) in [4.78, 5) is 17.8. The first kappa shape index (κ1) is 15.0. The molecule has 2 aromatic heterocycles. The largest absolute Gasteiger partial charge is 0.496 e. The summed E-state index contributed by atoms with van der Waals surface area (Å²) in [7, 11) is 1.51. The van der Waals surface area contributed by atoms with Crippen LogP contribution in [0.2, 0.25) is 5.02 Å². The number of halogens is 1. The number of amides is 1. The van der Waals surface area contributed by atoms with E-state index < -0.39 is 0 Å². The molecule has 2 heterocycles. The summed E-state index contributed by atoms with van der Waals surface area (Å²) < 4.78 is 5.19. The number of anilines is 1. The lowest BCUT2D eigenvalue weighted by Gasteiger charge is -2.08. The van der Waals surface area contributed by atoms with Crippen LogP contribution in [0.25, 0.3) is 10.6 Å². The zero-order chi connectivity index (χ0) is 15.5. The molecule has 4 nitrogen and oxygen atoms in total. The number of carbonyl (C=O) groups excluding carboxylic acids is 1. The minimum atomic E-state index is -0.300. The monoisotopic (exact) mass is 350 g/mol. The van der Waals surface area contributed by atoms with E-state index in [-0.39, 0.29) is 5.91 Å². The fourth-order valence-corrected chi connectivity index (χ4v) is 3.53. The van der Waals surface area contributed by atoms with Gasteiger partial charge in [-0.3, -0.25) is 10.1 Å². The summed E-state index contributed by atoms with van der Waals surface area (Å²) in [6, 6.07) is 8.87. The quantitative estimate of drug-likeness (QED) is 0.736. The first-order valence-electron chi connectivity index (χ1n) is 6.31. The number of nitrogens with one attached hydrogen (secondary N) is 1. The van der Waals surface area contributed by atoms with Gasteiger partial charge in [-0.05, 0) is 29.6 Å². The van der Waals surface area contributed by atoms with E-state index in [9.17, 15) is 4.79 Å². The van der Waals surface area contributed by atoms with Gasteiger partial charge in [0.2, 0.25) is 0 Å². The van der Waals surface area contributed by atoms with Crippen LogP contribution < -0.4 is 10.1 Å². The van der Waals surface area contributed by atoms with Gasteiger partial charge in [0.1, 0.15) is 5.75 Å². The summed E-state index contributed by atoms with van der Waals surface area (Å²) in [5.41, 5.74) is 1.23. The average Bonchev–Trinajstić information content (AvgIpc) is 3.17. The standard InChI is InChI=1S/C15H11ClN2O2S2/c1-20-12-5-4-9(16)7-10(12)14(19)18-15-17-11(8-22-15)13-3-2-6-21-13/h2-8H,1H3,(H,17,18,19). The fraction of sp³-hybridized carbons (Fsp3) is 0.0667. The van der Waals surface area contributed by atoms with Gasteiger partial charge >= 0.3 is 0 Å². The van der Waals surface area contributed by atoms with Crippen molar-refractivity contribution >= 4 is 45.3 Å². The number of rotatable bonds is 4. The first-order chi connectivity index (χ1) is 10.7. The smallest absolute Gasteiger partial charge is 0.261 e. The van der Waals surface area contributed by atoms with Gasteiger partial charge in [0, 0.05) is 10.4 Å². The van der Waals surface area contributed by atoms with Gasteiger partial charge in [0.15, 0.2) is 5.13 Å². The highest BCUT2D eigenvalue weighted by molar-refractivity contribution is 7.16. The molecule has 0 bridgehead atoms. The summed E-state index contributed by atoms with van der Waals surface area (Å²) in [6.45, 7) is 0. The number of carbonyl (C=O) groups is 1. The van der Waals surface area contributed by atoms with Crippen LogP contribution in [0.3, 0.4) is 0 Å². The molecule has 0 spiro atoms. The van der Waals surface area contributed by atoms with Crippen LogP contribution in [0, 0.1) is 0 Å². The molecule has 0 radical (unpaired) electrons. The van der Waals surface area contributed by atoms with E-state index in [1.807, 2.05) is 22.9 Å². The van der Waals surface area contributed by atoms with Gasteiger partial charge in [0.05, 0.1) is 23.2 Å². The van der Waals surface area contributed by atoms with E-state index in [0.717, 1.165) is 10.6 Å². The molecule has 0 unspecified atom stereocenters. The number of benzene rings is 1. The molecular formula is C15H11ClN2O2S2. The molecule has 0 aliphatic carbocycles. The van der Waals surface area contributed by atoms with Gasteiger partial charge in [-0.2, -0.15) is 0 Å². The zero-order valence-corrected chi connectivity index (χ0v) is 13.9. The van der Waals surface area contributed by atoms with Crippen LogP contribution in [0.4, 0.5) is 5.13 Å². The van der Waals surface area contributed by atoms with Crippen molar-refractivity contribution in [1.82, 2.24) is 4.98 Å². The van der Waals surface area contributed by atoms with Gasteiger partial charge in [-0.1, -0.05) is 17.7 Å². The van der Waals surface area contributed by atoms with Crippen molar-refractivity contribution in [1.29, 1.82) is 0 Å². The first-order valence-corrected chi connectivity index (χ1v) is 8.45. The zero-order valence-electron chi connectivity index (χ0n) is 11.5. The second-order valence-corrected chi connectivity index (χ2v) is 6.56. The van der Waals surface area contributed by atoms with Crippen LogP contribution in [0.5, 0.6) is 5.75 Å². The van der Waals surface area contributed by atoms with Crippen LogP contribution in [-0.4, -0.2) is 18.0 Å². The lowest BCUT2D eigenvalue weighted by Crippen LogP contribution is -2.13. The Labute approximate surface area is 140 Å². The molecule has 1 amide bonds. The number of nitrogens with zero attached hydrogens (tertiary/aromatic N) is 1. The highest BCUT2D eigenvalue weighted by Crippen LogP contribution is 2.29. The number of thiazole rings is 1. The highest BCUT2D eigenvalue weighted by Gasteiger charge is 2.15. The Kier molecular flexibility index (Phi) is 4.42. The summed E-state index contributed by atoms with van der Waals surface area (Å²) >= 11 is 8.93. The molecule has 0 saturated carbocycles. The molecule has 0 aliphatic rings.